The third-order valence-corrected chi connectivity index (χ3v) is 4.43. The van der Waals surface area contributed by atoms with Gasteiger partial charge in [0, 0.05) is 18.2 Å². The minimum Gasteiger partial charge on any atom is -0.313 e. The predicted molar refractivity (Wildman–Crippen MR) is 82.9 cm³/mol. The third kappa shape index (κ3) is 2.36. The lowest BCUT2D eigenvalue weighted by molar-refractivity contribution is 0.575. The largest absolute Gasteiger partial charge is 0.313 e. The van der Waals surface area contributed by atoms with Crippen molar-refractivity contribution >= 4 is 0 Å². The molecule has 0 fully saturated rings. The summed E-state index contributed by atoms with van der Waals surface area (Å²) in [4.78, 5) is 4.62. The Morgan fingerprint density at radius 1 is 1.30 bits per heavy atom. The number of pyridine rings is 1. The minimum atomic E-state index is 0.444. The highest BCUT2D eigenvalue weighted by Gasteiger charge is 2.25. The molecule has 0 saturated carbocycles. The summed E-state index contributed by atoms with van der Waals surface area (Å²) >= 11 is 0. The second-order valence-electron chi connectivity index (χ2n) is 5.56. The average molecular weight is 266 g/mol. The lowest BCUT2D eigenvalue weighted by atomic mass is 9.93. The van der Waals surface area contributed by atoms with Crippen molar-refractivity contribution in [3.8, 4) is 0 Å². The second-order valence-corrected chi connectivity index (χ2v) is 5.56. The molecule has 3 rings (SSSR count). The van der Waals surface area contributed by atoms with E-state index in [9.17, 15) is 0 Å². The van der Waals surface area contributed by atoms with Gasteiger partial charge in [-0.05, 0) is 49.1 Å². The Kier molecular flexibility index (Phi) is 3.83. The zero-order valence-electron chi connectivity index (χ0n) is 12.3. The van der Waals surface area contributed by atoms with Gasteiger partial charge in [0.1, 0.15) is 0 Å². The molecule has 104 valence electrons. The van der Waals surface area contributed by atoms with Gasteiger partial charge in [0.25, 0.3) is 0 Å². The van der Waals surface area contributed by atoms with E-state index in [-0.39, 0.29) is 0 Å². The molecule has 1 aliphatic carbocycles. The Balaban J connectivity index is 1.94. The summed E-state index contributed by atoms with van der Waals surface area (Å²) in [6, 6.07) is 13.7. The van der Waals surface area contributed by atoms with Crippen molar-refractivity contribution in [1.82, 2.24) is 10.3 Å². The van der Waals surface area contributed by atoms with Crippen LogP contribution in [0.15, 0.2) is 42.6 Å². The standard InChI is InChI=1S/C18H22N2/c1-3-17(19-2)15-7-4-6-14(12-15)16-10-9-13-8-5-11-20-18(13)16/h4-8,11-12,16-17,19H,3,9-10H2,1-2H3. The van der Waals surface area contributed by atoms with E-state index < -0.39 is 0 Å². The first-order valence-electron chi connectivity index (χ1n) is 7.54. The molecule has 2 nitrogen and oxygen atoms in total. The highest BCUT2D eigenvalue weighted by atomic mass is 14.9. The van der Waals surface area contributed by atoms with E-state index in [1.807, 2.05) is 19.3 Å². The van der Waals surface area contributed by atoms with Crippen LogP contribution >= 0.6 is 0 Å². The number of hydrogen-bond donors (Lipinski definition) is 1. The molecular formula is C18H22N2. The van der Waals surface area contributed by atoms with Crippen LogP contribution in [-0.2, 0) is 6.42 Å². The Morgan fingerprint density at radius 2 is 2.20 bits per heavy atom. The summed E-state index contributed by atoms with van der Waals surface area (Å²) in [6.45, 7) is 2.22. The highest BCUT2D eigenvalue weighted by Crippen LogP contribution is 2.37. The van der Waals surface area contributed by atoms with Gasteiger partial charge in [0.05, 0.1) is 5.69 Å². The number of nitrogens with one attached hydrogen (secondary N) is 1. The van der Waals surface area contributed by atoms with E-state index in [1.165, 1.54) is 28.8 Å². The Morgan fingerprint density at radius 3 is 3.00 bits per heavy atom. The van der Waals surface area contributed by atoms with Crippen LogP contribution in [0.5, 0.6) is 0 Å². The topological polar surface area (TPSA) is 24.9 Å². The number of aryl methyl sites for hydroxylation is 1. The maximum absolute atomic E-state index is 4.62. The zero-order chi connectivity index (χ0) is 13.9. The van der Waals surface area contributed by atoms with Crippen LogP contribution in [0.2, 0.25) is 0 Å². The molecule has 2 aromatic rings. The molecule has 0 amide bonds. The summed E-state index contributed by atoms with van der Waals surface area (Å²) in [5.41, 5.74) is 5.50. The van der Waals surface area contributed by atoms with Gasteiger partial charge in [0.2, 0.25) is 0 Å². The smallest absolute Gasteiger partial charge is 0.0510 e. The molecule has 0 bridgehead atoms. The van der Waals surface area contributed by atoms with Gasteiger partial charge in [-0.1, -0.05) is 37.3 Å². The number of fused-ring (bicyclic) bond motifs is 1. The maximum atomic E-state index is 4.62. The number of nitrogens with zero attached hydrogens (tertiary/aromatic N) is 1. The predicted octanol–water partition coefficient (Wildman–Crippen LogP) is 3.83. The van der Waals surface area contributed by atoms with E-state index in [2.05, 4.69) is 47.6 Å². The molecule has 20 heavy (non-hydrogen) atoms. The molecular weight excluding hydrogens is 244 g/mol. The summed E-state index contributed by atoms with van der Waals surface area (Å²) in [7, 11) is 2.03. The van der Waals surface area contributed by atoms with E-state index in [4.69, 9.17) is 0 Å². The molecule has 1 aliphatic rings. The minimum absolute atomic E-state index is 0.444. The van der Waals surface area contributed by atoms with Gasteiger partial charge in [0.15, 0.2) is 0 Å². The lowest BCUT2D eigenvalue weighted by Crippen LogP contribution is -2.15. The lowest BCUT2D eigenvalue weighted by Gasteiger charge is -2.17. The highest BCUT2D eigenvalue weighted by molar-refractivity contribution is 5.39. The fourth-order valence-corrected chi connectivity index (χ4v) is 3.34. The number of rotatable bonds is 4. The molecule has 2 atom stereocenters. The van der Waals surface area contributed by atoms with Gasteiger partial charge in [-0.15, -0.1) is 0 Å². The molecule has 1 heterocycles. The van der Waals surface area contributed by atoms with Crippen LogP contribution in [-0.4, -0.2) is 12.0 Å². The average Bonchev–Trinajstić information content (AvgIpc) is 2.93. The van der Waals surface area contributed by atoms with Crippen molar-refractivity contribution in [1.29, 1.82) is 0 Å². The van der Waals surface area contributed by atoms with E-state index >= 15 is 0 Å². The molecule has 1 N–H and O–H groups in total. The number of benzene rings is 1. The van der Waals surface area contributed by atoms with Crippen molar-refractivity contribution in [2.45, 2.75) is 38.1 Å². The van der Waals surface area contributed by atoms with Crippen molar-refractivity contribution in [2.75, 3.05) is 7.05 Å². The molecule has 0 aliphatic heterocycles. The number of aromatic nitrogens is 1. The van der Waals surface area contributed by atoms with Crippen molar-refractivity contribution in [2.24, 2.45) is 0 Å². The van der Waals surface area contributed by atoms with Crippen LogP contribution in [0.3, 0.4) is 0 Å². The monoisotopic (exact) mass is 266 g/mol. The first-order valence-corrected chi connectivity index (χ1v) is 7.54. The molecule has 1 aromatic carbocycles. The van der Waals surface area contributed by atoms with E-state index in [0.29, 0.717) is 12.0 Å². The molecule has 0 spiro atoms. The summed E-state index contributed by atoms with van der Waals surface area (Å²) in [5.74, 6) is 0.473. The van der Waals surface area contributed by atoms with Crippen LogP contribution in [0.1, 0.15) is 54.1 Å². The van der Waals surface area contributed by atoms with Gasteiger partial charge in [-0.2, -0.15) is 0 Å². The van der Waals surface area contributed by atoms with Crippen LogP contribution < -0.4 is 5.32 Å². The Hall–Kier alpha value is -1.67. The van der Waals surface area contributed by atoms with E-state index in [0.717, 1.165) is 12.8 Å². The molecule has 2 heteroatoms. The molecule has 2 unspecified atom stereocenters. The van der Waals surface area contributed by atoms with Gasteiger partial charge < -0.3 is 5.32 Å². The van der Waals surface area contributed by atoms with Crippen molar-refractivity contribution < 1.29 is 0 Å². The van der Waals surface area contributed by atoms with Gasteiger partial charge >= 0.3 is 0 Å². The SMILES string of the molecule is CCC(NC)c1cccc(C2CCc3cccnc32)c1. The zero-order valence-corrected chi connectivity index (χ0v) is 12.3. The summed E-state index contributed by atoms with van der Waals surface area (Å²) in [6.07, 6.45) is 5.37. The Labute approximate surface area is 121 Å². The quantitative estimate of drug-likeness (QED) is 0.909. The van der Waals surface area contributed by atoms with Crippen LogP contribution in [0.4, 0.5) is 0 Å². The number of hydrogen-bond acceptors (Lipinski definition) is 2. The molecule has 0 radical (unpaired) electrons. The van der Waals surface area contributed by atoms with Crippen LogP contribution in [0.25, 0.3) is 0 Å². The first kappa shape index (κ1) is 13.3. The van der Waals surface area contributed by atoms with E-state index in [1.54, 1.807) is 0 Å². The van der Waals surface area contributed by atoms with Crippen molar-refractivity contribution in [3.63, 3.8) is 0 Å². The fourth-order valence-electron chi connectivity index (χ4n) is 3.34. The fraction of sp³-hybridized carbons (Fsp3) is 0.389. The van der Waals surface area contributed by atoms with Gasteiger partial charge in [-0.25, -0.2) is 0 Å². The first-order chi connectivity index (χ1) is 9.83. The molecule has 1 aromatic heterocycles. The van der Waals surface area contributed by atoms with Gasteiger partial charge in [-0.3, -0.25) is 4.98 Å². The summed E-state index contributed by atoms with van der Waals surface area (Å²) in [5, 5.41) is 3.39. The second kappa shape index (κ2) is 5.76. The van der Waals surface area contributed by atoms with Crippen LogP contribution in [0, 0.1) is 0 Å². The third-order valence-electron chi connectivity index (χ3n) is 4.43. The summed E-state index contributed by atoms with van der Waals surface area (Å²) < 4.78 is 0. The van der Waals surface area contributed by atoms with Crippen molar-refractivity contribution in [3.05, 3.63) is 65.0 Å². The Bertz CT molecular complexity index is 587. The maximum Gasteiger partial charge on any atom is 0.0510 e. The normalized spacial score (nSPS) is 18.8. The molecule has 0 saturated heterocycles.